The van der Waals surface area contributed by atoms with E-state index in [1.54, 1.807) is 0 Å². The van der Waals surface area contributed by atoms with Crippen molar-refractivity contribution in [2.45, 2.75) is 52.1 Å². The predicted molar refractivity (Wildman–Crippen MR) is 120 cm³/mol. The summed E-state index contributed by atoms with van der Waals surface area (Å²) in [6, 6.07) is 8.89. The fraction of sp³-hybridized carbons (Fsp3) is 0.560. The molecule has 0 amide bonds. The van der Waals surface area contributed by atoms with Crippen LogP contribution in [0.2, 0.25) is 0 Å². The first-order chi connectivity index (χ1) is 15.1. The number of nitrogens with zero attached hydrogens (tertiary/aromatic N) is 3. The predicted octanol–water partition coefficient (Wildman–Crippen LogP) is 3.95. The normalized spacial score (nSPS) is 19.9. The third kappa shape index (κ3) is 4.23. The molecular weight excluding hydrogens is 390 g/mol. The Bertz CT molecular complexity index is 953. The quantitative estimate of drug-likeness (QED) is 0.659. The Morgan fingerprint density at radius 1 is 0.968 bits per heavy atom. The Morgan fingerprint density at radius 3 is 2.45 bits per heavy atom. The fourth-order valence-corrected chi connectivity index (χ4v) is 5.48. The van der Waals surface area contributed by atoms with E-state index >= 15 is 0 Å². The summed E-state index contributed by atoms with van der Waals surface area (Å²) >= 11 is 0. The van der Waals surface area contributed by atoms with Crippen molar-refractivity contribution in [3.8, 4) is 11.5 Å². The lowest BCUT2D eigenvalue weighted by Crippen LogP contribution is -2.47. The van der Waals surface area contributed by atoms with Crippen LogP contribution in [0.1, 0.15) is 59.0 Å². The number of piperazine rings is 1. The number of hydrogen-bond acceptors (Lipinski definition) is 5. The van der Waals surface area contributed by atoms with E-state index in [2.05, 4.69) is 46.4 Å². The van der Waals surface area contributed by atoms with Gasteiger partial charge in [0.15, 0.2) is 17.3 Å². The summed E-state index contributed by atoms with van der Waals surface area (Å²) in [7, 11) is 0. The molecule has 1 aliphatic carbocycles. The lowest BCUT2D eigenvalue weighted by atomic mass is 10.1. The van der Waals surface area contributed by atoms with Crippen LogP contribution in [0, 0.1) is 13.8 Å². The van der Waals surface area contributed by atoms with Gasteiger partial charge in [0, 0.05) is 55.7 Å². The van der Waals surface area contributed by atoms with Crippen LogP contribution in [0.3, 0.4) is 0 Å². The van der Waals surface area contributed by atoms with Gasteiger partial charge in [0.2, 0.25) is 6.79 Å². The molecule has 1 saturated carbocycles. The number of carbonyl (C=O) groups is 1. The van der Waals surface area contributed by atoms with Crippen molar-refractivity contribution in [1.29, 1.82) is 0 Å². The number of benzene rings is 1. The second kappa shape index (κ2) is 8.67. The van der Waals surface area contributed by atoms with Gasteiger partial charge in [-0.1, -0.05) is 18.9 Å². The van der Waals surface area contributed by atoms with E-state index in [0.717, 1.165) is 55.5 Å². The second-order valence-electron chi connectivity index (χ2n) is 9.26. The van der Waals surface area contributed by atoms with Crippen LogP contribution < -0.4 is 9.47 Å². The van der Waals surface area contributed by atoms with Crippen molar-refractivity contribution < 1.29 is 14.3 Å². The van der Waals surface area contributed by atoms with Crippen molar-refractivity contribution in [2.24, 2.45) is 0 Å². The van der Waals surface area contributed by atoms with Crippen LogP contribution in [-0.2, 0) is 6.54 Å². The van der Waals surface area contributed by atoms with Gasteiger partial charge in [-0.2, -0.15) is 0 Å². The molecule has 2 fully saturated rings. The molecule has 2 aliphatic heterocycles. The van der Waals surface area contributed by atoms with Crippen LogP contribution in [-0.4, -0.2) is 59.7 Å². The smallest absolute Gasteiger partial charge is 0.231 e. The molecule has 2 aromatic rings. The Balaban J connectivity index is 1.15. The molecule has 0 bridgehead atoms. The number of ether oxygens (including phenoxy) is 2. The first-order valence-corrected chi connectivity index (χ1v) is 11.6. The Kier molecular flexibility index (Phi) is 5.76. The van der Waals surface area contributed by atoms with E-state index in [9.17, 15) is 4.79 Å². The van der Waals surface area contributed by atoms with Crippen LogP contribution in [0.25, 0.3) is 0 Å². The number of fused-ring (bicyclic) bond motifs is 1. The van der Waals surface area contributed by atoms with Gasteiger partial charge in [0.1, 0.15) is 0 Å². The van der Waals surface area contributed by atoms with Crippen LogP contribution >= 0.6 is 0 Å². The number of aromatic nitrogens is 1. The minimum atomic E-state index is 0.265. The Hall–Kier alpha value is -2.31. The number of ketones is 1. The molecule has 1 aromatic heterocycles. The largest absolute Gasteiger partial charge is 0.454 e. The van der Waals surface area contributed by atoms with Crippen molar-refractivity contribution in [2.75, 3.05) is 39.5 Å². The van der Waals surface area contributed by atoms with E-state index in [1.165, 1.54) is 36.9 Å². The second-order valence-corrected chi connectivity index (χ2v) is 9.26. The zero-order chi connectivity index (χ0) is 21.4. The van der Waals surface area contributed by atoms with Gasteiger partial charge >= 0.3 is 0 Å². The van der Waals surface area contributed by atoms with Gasteiger partial charge in [-0.05, 0) is 50.5 Å². The molecule has 0 unspecified atom stereocenters. The number of aryl methyl sites for hydroxylation is 1. The minimum absolute atomic E-state index is 0.265. The Labute approximate surface area is 184 Å². The molecule has 1 saturated heterocycles. The summed E-state index contributed by atoms with van der Waals surface area (Å²) in [5.74, 6) is 1.94. The third-order valence-corrected chi connectivity index (χ3v) is 7.15. The molecule has 0 N–H and O–H groups in total. The zero-order valence-electron chi connectivity index (χ0n) is 18.7. The fourth-order valence-electron chi connectivity index (χ4n) is 5.48. The molecule has 1 aromatic carbocycles. The van der Waals surface area contributed by atoms with Gasteiger partial charge in [-0.15, -0.1) is 0 Å². The average molecular weight is 424 g/mol. The topological polar surface area (TPSA) is 46.9 Å². The Morgan fingerprint density at radius 2 is 1.68 bits per heavy atom. The average Bonchev–Trinajstić information content (AvgIpc) is 3.50. The van der Waals surface area contributed by atoms with Gasteiger partial charge in [0.05, 0.1) is 6.54 Å². The van der Waals surface area contributed by atoms with Crippen LogP contribution in [0.4, 0.5) is 0 Å². The molecule has 6 heteroatoms. The molecule has 31 heavy (non-hydrogen) atoms. The molecule has 6 nitrogen and oxygen atoms in total. The summed E-state index contributed by atoms with van der Waals surface area (Å²) in [6.45, 7) is 9.82. The molecule has 0 atom stereocenters. The summed E-state index contributed by atoms with van der Waals surface area (Å²) in [6.07, 6.45) is 5.10. The molecule has 166 valence electrons. The zero-order valence-corrected chi connectivity index (χ0v) is 18.7. The monoisotopic (exact) mass is 423 g/mol. The number of rotatable bonds is 6. The van der Waals surface area contributed by atoms with E-state index < -0.39 is 0 Å². The number of carbonyl (C=O) groups excluding carboxylic acids is 1. The summed E-state index contributed by atoms with van der Waals surface area (Å²) < 4.78 is 13.3. The summed E-state index contributed by atoms with van der Waals surface area (Å²) in [4.78, 5) is 17.9. The highest BCUT2D eigenvalue weighted by atomic mass is 16.7. The van der Waals surface area contributed by atoms with Crippen LogP contribution in [0.15, 0.2) is 24.3 Å². The van der Waals surface area contributed by atoms with E-state index in [0.29, 0.717) is 19.4 Å². The van der Waals surface area contributed by atoms with Gasteiger partial charge < -0.3 is 14.0 Å². The molecule has 0 spiro atoms. The lowest BCUT2D eigenvalue weighted by Gasteiger charge is -2.34. The van der Waals surface area contributed by atoms with Crippen molar-refractivity contribution >= 4 is 5.78 Å². The molecular formula is C25H33N3O3. The first-order valence-electron chi connectivity index (χ1n) is 11.6. The maximum absolute atomic E-state index is 13.1. The minimum Gasteiger partial charge on any atom is -0.454 e. The highest BCUT2D eigenvalue weighted by Gasteiger charge is 2.25. The molecule has 3 heterocycles. The SMILES string of the molecule is Cc1cc(C(=O)CN2CCN(Cc3ccc4c(c3)OCO4)CC2)c(C)n1C1CCCC1. The lowest BCUT2D eigenvalue weighted by molar-refractivity contribution is 0.0843. The highest BCUT2D eigenvalue weighted by molar-refractivity contribution is 5.99. The molecule has 5 rings (SSSR count). The van der Waals surface area contributed by atoms with Crippen LogP contribution in [0.5, 0.6) is 11.5 Å². The summed E-state index contributed by atoms with van der Waals surface area (Å²) in [5.41, 5.74) is 4.57. The van der Waals surface area contributed by atoms with E-state index in [-0.39, 0.29) is 5.78 Å². The third-order valence-electron chi connectivity index (χ3n) is 7.15. The standard InChI is InChI=1S/C25H33N3O3/c1-18-13-22(19(2)28(18)21-5-3-4-6-21)23(29)16-27-11-9-26(10-12-27)15-20-7-8-24-25(14-20)31-17-30-24/h7-8,13-14,21H,3-6,9-12,15-17H2,1-2H3. The maximum atomic E-state index is 13.1. The highest BCUT2D eigenvalue weighted by Crippen LogP contribution is 2.34. The first kappa shape index (κ1) is 20.6. The van der Waals surface area contributed by atoms with Gasteiger partial charge in [-0.3, -0.25) is 14.6 Å². The van der Waals surface area contributed by atoms with E-state index in [1.807, 2.05) is 6.07 Å². The van der Waals surface area contributed by atoms with Gasteiger partial charge in [0.25, 0.3) is 0 Å². The van der Waals surface area contributed by atoms with Gasteiger partial charge in [-0.25, -0.2) is 0 Å². The van der Waals surface area contributed by atoms with Crippen molar-refractivity contribution in [3.63, 3.8) is 0 Å². The molecule has 0 radical (unpaired) electrons. The maximum Gasteiger partial charge on any atom is 0.231 e. The number of hydrogen-bond donors (Lipinski definition) is 0. The number of Topliss-reactive ketones (excluding diaryl/α,β-unsaturated/α-hetero) is 1. The molecule has 3 aliphatic rings. The summed E-state index contributed by atoms with van der Waals surface area (Å²) in [5, 5.41) is 0. The van der Waals surface area contributed by atoms with E-state index in [4.69, 9.17) is 9.47 Å². The van der Waals surface area contributed by atoms with Crippen molar-refractivity contribution in [1.82, 2.24) is 14.4 Å². The van der Waals surface area contributed by atoms with Crippen molar-refractivity contribution in [3.05, 3.63) is 46.8 Å².